The lowest BCUT2D eigenvalue weighted by atomic mass is 9.55. The van der Waals surface area contributed by atoms with Gasteiger partial charge in [0.1, 0.15) is 23.0 Å². The van der Waals surface area contributed by atoms with Crippen LogP contribution in [-0.4, -0.2) is 19.2 Å². The van der Waals surface area contributed by atoms with E-state index in [-0.39, 0.29) is 22.2 Å². The lowest BCUT2D eigenvalue weighted by Gasteiger charge is -2.48. The first kappa shape index (κ1) is 34.3. The summed E-state index contributed by atoms with van der Waals surface area (Å²) in [5, 5.41) is 0. The van der Waals surface area contributed by atoms with Crippen molar-refractivity contribution < 1.29 is 28.5 Å². The van der Waals surface area contributed by atoms with Crippen LogP contribution in [0, 0.1) is 11.3 Å². The van der Waals surface area contributed by atoms with E-state index in [1.54, 1.807) is 7.11 Å². The van der Waals surface area contributed by atoms with Gasteiger partial charge in [-0.25, -0.2) is 4.79 Å². The van der Waals surface area contributed by atoms with Crippen LogP contribution in [0.25, 0.3) is 0 Å². The molecule has 2 saturated carbocycles. The number of ether oxygens (including phenoxy) is 4. The molecule has 2 aliphatic rings. The van der Waals surface area contributed by atoms with Crippen LogP contribution in [0.5, 0.6) is 23.0 Å². The third-order valence-electron chi connectivity index (χ3n) is 10.6. The number of carbonyl (C=O) groups is 2. The summed E-state index contributed by atoms with van der Waals surface area (Å²) in [7, 11) is 1.69. The van der Waals surface area contributed by atoms with Crippen molar-refractivity contribution in [3.63, 3.8) is 0 Å². The van der Waals surface area contributed by atoms with Gasteiger partial charge in [-0.2, -0.15) is 0 Å². The molecule has 2 aliphatic carbocycles. The molecule has 0 heterocycles. The van der Waals surface area contributed by atoms with Crippen molar-refractivity contribution in [2.45, 2.75) is 89.9 Å². The normalized spacial score (nSPS) is 21.3. The molecule has 49 heavy (non-hydrogen) atoms. The van der Waals surface area contributed by atoms with Gasteiger partial charge in [-0.3, -0.25) is 4.79 Å². The summed E-state index contributed by atoms with van der Waals surface area (Å²) in [4.78, 5) is 24.4. The van der Waals surface area contributed by atoms with Crippen LogP contribution in [0.1, 0.15) is 101 Å². The number of rotatable bonds is 8. The summed E-state index contributed by atoms with van der Waals surface area (Å²) in [6, 6.07) is 32.0. The van der Waals surface area contributed by atoms with E-state index in [1.807, 2.05) is 48.5 Å². The fraction of sp³-hybridized carbons (Fsp3) is 0.395. The van der Waals surface area contributed by atoms with Gasteiger partial charge in [0, 0.05) is 17.8 Å². The summed E-state index contributed by atoms with van der Waals surface area (Å²) < 4.78 is 22.0. The number of carbonyl (C=O) groups excluding carboxylic acids is 2. The van der Waals surface area contributed by atoms with E-state index in [4.69, 9.17) is 18.9 Å². The Bertz CT molecular complexity index is 1730. The zero-order valence-electron chi connectivity index (χ0n) is 29.4. The quantitative estimate of drug-likeness (QED) is 0.106. The summed E-state index contributed by atoms with van der Waals surface area (Å²) in [6.07, 6.45) is 8.09. The van der Waals surface area contributed by atoms with Gasteiger partial charge in [0.2, 0.25) is 0 Å². The van der Waals surface area contributed by atoms with Gasteiger partial charge in [-0.1, -0.05) is 88.6 Å². The van der Waals surface area contributed by atoms with Crippen molar-refractivity contribution in [3.05, 3.63) is 119 Å². The second-order valence-electron chi connectivity index (χ2n) is 14.9. The second-order valence-corrected chi connectivity index (χ2v) is 14.9. The fourth-order valence-corrected chi connectivity index (χ4v) is 8.89. The zero-order chi connectivity index (χ0) is 34.6. The highest BCUT2D eigenvalue weighted by Crippen LogP contribution is 2.54. The average molecular weight is 661 g/mol. The predicted octanol–water partition coefficient (Wildman–Crippen LogP) is 10.6. The van der Waals surface area contributed by atoms with Crippen LogP contribution in [-0.2, 0) is 15.6 Å². The molecular weight excluding hydrogens is 612 g/mol. The zero-order valence-corrected chi connectivity index (χ0v) is 29.4. The van der Waals surface area contributed by atoms with Crippen molar-refractivity contribution in [2.75, 3.05) is 7.11 Å². The Labute approximate surface area is 290 Å². The van der Waals surface area contributed by atoms with E-state index < -0.39 is 6.16 Å². The summed E-state index contributed by atoms with van der Waals surface area (Å²) in [5.41, 5.74) is 4.68. The predicted molar refractivity (Wildman–Crippen MR) is 192 cm³/mol. The smallest absolute Gasteiger partial charge is 0.497 e. The molecule has 0 saturated heterocycles. The minimum Gasteiger partial charge on any atom is -0.497 e. The van der Waals surface area contributed by atoms with Crippen LogP contribution in [0.3, 0.4) is 0 Å². The maximum Gasteiger partial charge on any atom is 0.519 e. The lowest BCUT2D eigenvalue weighted by molar-refractivity contribution is -0.131. The fourth-order valence-electron chi connectivity index (χ4n) is 8.89. The standard InChI is InChI=1S/C43H48O6/c1-30-27-41(3,4)29-43(28-30,34-13-19-37(20-14-34)47-31(2)44)35-15-23-39(24-16-35)49-40(45)48-38-21-11-33(12-22-38)42(25-7-6-8-26-42)32-9-17-36(46-5)18-10-32/h9-24,30H,6-8,25-29H2,1-5H3. The van der Waals surface area contributed by atoms with Crippen molar-refractivity contribution >= 4 is 12.1 Å². The number of esters is 1. The first-order valence-electron chi connectivity index (χ1n) is 17.5. The van der Waals surface area contributed by atoms with E-state index in [0.29, 0.717) is 23.2 Å². The molecule has 0 aliphatic heterocycles. The molecule has 2 unspecified atom stereocenters. The van der Waals surface area contributed by atoms with Crippen molar-refractivity contribution in [3.8, 4) is 23.0 Å². The van der Waals surface area contributed by atoms with Gasteiger partial charge >= 0.3 is 12.1 Å². The van der Waals surface area contributed by atoms with Crippen LogP contribution < -0.4 is 18.9 Å². The van der Waals surface area contributed by atoms with Gasteiger partial charge in [-0.05, 0) is 114 Å². The maximum atomic E-state index is 12.9. The van der Waals surface area contributed by atoms with E-state index in [1.165, 1.54) is 42.9 Å². The molecule has 4 aromatic rings. The SMILES string of the molecule is COc1ccc(C2(c3ccc(OC(=O)Oc4ccc(C5(c6ccc(OC(C)=O)cc6)CC(C)CC(C)(C)C5)cc4)cc3)CCCCC2)cc1. The molecule has 2 atom stereocenters. The highest BCUT2D eigenvalue weighted by molar-refractivity contribution is 5.69. The van der Waals surface area contributed by atoms with Crippen molar-refractivity contribution in [2.24, 2.45) is 11.3 Å². The molecule has 256 valence electrons. The second kappa shape index (κ2) is 14.1. The van der Waals surface area contributed by atoms with E-state index in [9.17, 15) is 9.59 Å². The molecule has 6 rings (SSSR count). The van der Waals surface area contributed by atoms with E-state index in [2.05, 4.69) is 69.3 Å². The Hall–Kier alpha value is -4.58. The first-order valence-corrected chi connectivity index (χ1v) is 17.5. The minimum absolute atomic E-state index is 0.0711. The van der Waals surface area contributed by atoms with E-state index >= 15 is 0 Å². The molecule has 0 radical (unpaired) electrons. The van der Waals surface area contributed by atoms with Crippen LogP contribution >= 0.6 is 0 Å². The third kappa shape index (κ3) is 7.54. The molecule has 4 aromatic carbocycles. The van der Waals surface area contributed by atoms with Gasteiger partial charge in [0.25, 0.3) is 0 Å². The summed E-state index contributed by atoms with van der Waals surface area (Å²) in [6.45, 7) is 8.39. The highest BCUT2D eigenvalue weighted by atomic mass is 16.7. The van der Waals surface area contributed by atoms with Crippen LogP contribution in [0.4, 0.5) is 4.79 Å². The lowest BCUT2D eigenvalue weighted by Crippen LogP contribution is -2.41. The van der Waals surface area contributed by atoms with Gasteiger partial charge in [0.15, 0.2) is 0 Å². The Morgan fingerprint density at radius 2 is 0.980 bits per heavy atom. The molecule has 0 bridgehead atoms. The molecule has 0 N–H and O–H groups in total. The number of benzene rings is 4. The topological polar surface area (TPSA) is 71.1 Å². The van der Waals surface area contributed by atoms with Crippen molar-refractivity contribution in [1.82, 2.24) is 0 Å². The molecule has 2 fully saturated rings. The van der Waals surface area contributed by atoms with E-state index in [0.717, 1.165) is 43.4 Å². The molecule has 0 aromatic heterocycles. The Kier molecular flexibility index (Phi) is 9.87. The molecule has 0 spiro atoms. The first-order chi connectivity index (χ1) is 23.5. The Balaban J connectivity index is 1.17. The Morgan fingerprint density at radius 1 is 0.571 bits per heavy atom. The maximum absolute atomic E-state index is 12.9. The summed E-state index contributed by atoms with van der Waals surface area (Å²) >= 11 is 0. The largest absolute Gasteiger partial charge is 0.519 e. The van der Waals surface area contributed by atoms with Crippen molar-refractivity contribution in [1.29, 1.82) is 0 Å². The molecular formula is C43H48O6. The third-order valence-corrected chi connectivity index (χ3v) is 10.6. The monoisotopic (exact) mass is 660 g/mol. The minimum atomic E-state index is -0.772. The van der Waals surface area contributed by atoms with Crippen LogP contribution in [0.2, 0.25) is 0 Å². The number of hydrogen-bond acceptors (Lipinski definition) is 6. The van der Waals surface area contributed by atoms with Gasteiger partial charge in [-0.15, -0.1) is 0 Å². The van der Waals surface area contributed by atoms with Gasteiger partial charge in [0.05, 0.1) is 7.11 Å². The number of hydrogen-bond donors (Lipinski definition) is 0. The van der Waals surface area contributed by atoms with Gasteiger partial charge < -0.3 is 18.9 Å². The van der Waals surface area contributed by atoms with Crippen LogP contribution in [0.15, 0.2) is 97.1 Å². The molecule has 6 heteroatoms. The molecule has 0 amide bonds. The molecule has 6 nitrogen and oxygen atoms in total. The summed E-state index contributed by atoms with van der Waals surface area (Å²) in [5.74, 6) is 2.44. The number of methoxy groups -OCH3 is 1. The Morgan fingerprint density at radius 3 is 1.39 bits per heavy atom. The highest BCUT2D eigenvalue weighted by Gasteiger charge is 2.45. The average Bonchev–Trinajstić information content (AvgIpc) is 3.08.